The molecule has 0 unspecified atom stereocenters. The fourth-order valence-electron chi connectivity index (χ4n) is 1.95. The van der Waals surface area contributed by atoms with Gasteiger partial charge in [-0.1, -0.05) is 19.1 Å². The zero-order valence-electron chi connectivity index (χ0n) is 12.2. The van der Waals surface area contributed by atoms with E-state index in [4.69, 9.17) is 0 Å². The van der Waals surface area contributed by atoms with E-state index in [1.54, 1.807) is 18.7 Å². The fourth-order valence-corrected chi connectivity index (χ4v) is 1.95. The van der Waals surface area contributed by atoms with Gasteiger partial charge < -0.3 is 10.2 Å². The molecule has 1 aromatic rings. The summed E-state index contributed by atoms with van der Waals surface area (Å²) in [6.45, 7) is 4.53. The average molecular weight is 293 g/mol. The summed E-state index contributed by atoms with van der Waals surface area (Å²) in [7, 11) is 0. The number of carbonyl (C=O) groups is 3. The SMILES string of the molecule is CC(C)C(=O)Nc1cn(CC(=O)N2CCC(=O)CC2)nn1. The van der Waals surface area contributed by atoms with Crippen molar-refractivity contribution in [1.82, 2.24) is 19.9 Å². The van der Waals surface area contributed by atoms with E-state index in [0.717, 1.165) is 0 Å². The molecule has 1 fully saturated rings. The topological polar surface area (TPSA) is 97.2 Å². The summed E-state index contributed by atoms with van der Waals surface area (Å²) < 4.78 is 1.38. The first kappa shape index (κ1) is 15.1. The van der Waals surface area contributed by atoms with E-state index < -0.39 is 0 Å². The molecule has 0 atom stereocenters. The third-order valence-corrected chi connectivity index (χ3v) is 3.29. The average Bonchev–Trinajstić information content (AvgIpc) is 2.86. The number of aromatic nitrogens is 3. The Morgan fingerprint density at radius 3 is 2.62 bits per heavy atom. The number of likely N-dealkylation sites (tertiary alicyclic amines) is 1. The number of hydrogen-bond donors (Lipinski definition) is 1. The summed E-state index contributed by atoms with van der Waals surface area (Å²) in [5.41, 5.74) is 0. The molecule has 1 aromatic heterocycles. The molecular formula is C13H19N5O3. The fraction of sp³-hybridized carbons (Fsp3) is 0.615. The predicted molar refractivity (Wildman–Crippen MR) is 74.3 cm³/mol. The molecule has 1 aliphatic heterocycles. The number of nitrogens with zero attached hydrogens (tertiary/aromatic N) is 4. The van der Waals surface area contributed by atoms with Gasteiger partial charge in [0.2, 0.25) is 11.8 Å². The Balaban J connectivity index is 1.88. The lowest BCUT2D eigenvalue weighted by atomic mass is 10.1. The summed E-state index contributed by atoms with van der Waals surface area (Å²) in [4.78, 5) is 36.4. The van der Waals surface area contributed by atoms with Crippen LogP contribution in [-0.2, 0) is 20.9 Å². The lowest BCUT2D eigenvalue weighted by molar-refractivity contribution is -0.135. The number of hydrogen-bond acceptors (Lipinski definition) is 5. The van der Waals surface area contributed by atoms with Crippen molar-refractivity contribution in [3.8, 4) is 0 Å². The Morgan fingerprint density at radius 1 is 1.33 bits per heavy atom. The maximum atomic E-state index is 12.1. The van der Waals surface area contributed by atoms with Crippen molar-refractivity contribution in [3.63, 3.8) is 0 Å². The molecule has 1 saturated heterocycles. The summed E-state index contributed by atoms with van der Waals surface area (Å²) in [6.07, 6.45) is 2.35. The van der Waals surface area contributed by atoms with Crippen molar-refractivity contribution in [1.29, 1.82) is 0 Å². The van der Waals surface area contributed by atoms with Crippen LogP contribution in [0.4, 0.5) is 5.82 Å². The molecule has 0 saturated carbocycles. The van der Waals surface area contributed by atoms with Gasteiger partial charge in [-0.05, 0) is 0 Å². The highest BCUT2D eigenvalue weighted by Gasteiger charge is 2.21. The minimum atomic E-state index is -0.150. The molecule has 1 N–H and O–H groups in total. The van der Waals surface area contributed by atoms with Crippen molar-refractivity contribution in [3.05, 3.63) is 6.20 Å². The second-order valence-electron chi connectivity index (χ2n) is 5.36. The van der Waals surface area contributed by atoms with Gasteiger partial charge in [-0.2, -0.15) is 0 Å². The van der Waals surface area contributed by atoms with E-state index in [0.29, 0.717) is 31.7 Å². The molecule has 1 aliphatic rings. The lowest BCUT2D eigenvalue weighted by Gasteiger charge is -2.25. The second-order valence-corrected chi connectivity index (χ2v) is 5.36. The Hall–Kier alpha value is -2.25. The van der Waals surface area contributed by atoms with Crippen LogP contribution in [0.3, 0.4) is 0 Å². The number of anilines is 1. The molecule has 0 bridgehead atoms. The molecule has 0 aliphatic carbocycles. The van der Waals surface area contributed by atoms with Crippen molar-refractivity contribution in [2.75, 3.05) is 18.4 Å². The first-order valence-corrected chi connectivity index (χ1v) is 6.96. The van der Waals surface area contributed by atoms with Gasteiger partial charge in [0.15, 0.2) is 5.82 Å². The molecule has 0 radical (unpaired) electrons. The number of nitrogens with one attached hydrogen (secondary N) is 1. The monoisotopic (exact) mass is 293 g/mol. The molecule has 2 rings (SSSR count). The third kappa shape index (κ3) is 4.11. The van der Waals surface area contributed by atoms with Gasteiger partial charge in [0.25, 0.3) is 0 Å². The van der Waals surface area contributed by atoms with Gasteiger partial charge in [-0.3, -0.25) is 14.4 Å². The standard InChI is InChI=1S/C13H19N5O3/c1-9(2)13(21)14-11-7-18(16-15-11)8-12(20)17-5-3-10(19)4-6-17/h7,9H,3-6,8H2,1-2H3,(H,14,21). The van der Waals surface area contributed by atoms with Gasteiger partial charge in [0, 0.05) is 31.8 Å². The molecule has 114 valence electrons. The minimum Gasteiger partial charge on any atom is -0.340 e. The van der Waals surface area contributed by atoms with Gasteiger partial charge >= 0.3 is 0 Å². The van der Waals surface area contributed by atoms with Gasteiger partial charge in [-0.25, -0.2) is 4.68 Å². The largest absolute Gasteiger partial charge is 0.340 e. The van der Waals surface area contributed by atoms with E-state index in [1.165, 1.54) is 10.9 Å². The maximum absolute atomic E-state index is 12.1. The van der Waals surface area contributed by atoms with E-state index in [2.05, 4.69) is 15.6 Å². The van der Waals surface area contributed by atoms with Crippen molar-refractivity contribution in [2.24, 2.45) is 5.92 Å². The highest BCUT2D eigenvalue weighted by molar-refractivity contribution is 5.91. The zero-order chi connectivity index (χ0) is 15.4. The number of amides is 2. The maximum Gasteiger partial charge on any atom is 0.244 e. The van der Waals surface area contributed by atoms with E-state index in [1.807, 2.05) is 0 Å². The molecule has 0 spiro atoms. The van der Waals surface area contributed by atoms with Crippen molar-refractivity contribution >= 4 is 23.4 Å². The number of piperidine rings is 1. The Bertz CT molecular complexity index is 542. The first-order chi connectivity index (χ1) is 9.95. The molecule has 2 heterocycles. The van der Waals surface area contributed by atoms with Crippen LogP contribution in [0.25, 0.3) is 0 Å². The third-order valence-electron chi connectivity index (χ3n) is 3.29. The summed E-state index contributed by atoms with van der Waals surface area (Å²) in [6, 6.07) is 0. The predicted octanol–water partition coefficient (Wildman–Crippen LogP) is 0.0641. The molecule has 8 heteroatoms. The Morgan fingerprint density at radius 2 is 2.00 bits per heavy atom. The Kier molecular flexibility index (Phi) is 4.66. The van der Waals surface area contributed by atoms with Crippen LogP contribution in [-0.4, -0.2) is 50.6 Å². The number of carbonyl (C=O) groups excluding carboxylic acids is 3. The second kappa shape index (κ2) is 6.47. The number of Topliss-reactive ketones (excluding diaryl/α,β-unsaturated/α-hetero) is 1. The summed E-state index contributed by atoms with van der Waals surface area (Å²) in [5, 5.41) is 10.2. The van der Waals surface area contributed by atoms with Crippen LogP contribution >= 0.6 is 0 Å². The summed E-state index contributed by atoms with van der Waals surface area (Å²) >= 11 is 0. The van der Waals surface area contributed by atoms with Crippen LogP contribution in [0.15, 0.2) is 6.20 Å². The van der Waals surface area contributed by atoms with Crippen LogP contribution in [0.2, 0.25) is 0 Å². The first-order valence-electron chi connectivity index (χ1n) is 6.96. The van der Waals surface area contributed by atoms with Gasteiger partial charge in [0.05, 0.1) is 6.20 Å². The normalized spacial score (nSPS) is 15.4. The van der Waals surface area contributed by atoms with E-state index in [-0.39, 0.29) is 30.1 Å². The van der Waals surface area contributed by atoms with Gasteiger partial charge in [0.1, 0.15) is 12.3 Å². The van der Waals surface area contributed by atoms with Gasteiger partial charge in [-0.15, -0.1) is 5.10 Å². The highest BCUT2D eigenvalue weighted by atomic mass is 16.2. The zero-order valence-corrected chi connectivity index (χ0v) is 12.2. The van der Waals surface area contributed by atoms with E-state index in [9.17, 15) is 14.4 Å². The number of rotatable bonds is 4. The van der Waals surface area contributed by atoms with Crippen LogP contribution < -0.4 is 5.32 Å². The lowest BCUT2D eigenvalue weighted by Crippen LogP contribution is -2.40. The minimum absolute atomic E-state index is 0.0543. The van der Waals surface area contributed by atoms with Crippen LogP contribution in [0.1, 0.15) is 26.7 Å². The smallest absolute Gasteiger partial charge is 0.244 e. The summed E-state index contributed by atoms with van der Waals surface area (Å²) in [5.74, 6) is 0.119. The molecule has 21 heavy (non-hydrogen) atoms. The Labute approximate surface area is 122 Å². The number of ketones is 1. The molecular weight excluding hydrogens is 274 g/mol. The molecule has 0 aromatic carbocycles. The van der Waals surface area contributed by atoms with E-state index >= 15 is 0 Å². The quantitative estimate of drug-likeness (QED) is 0.847. The van der Waals surface area contributed by atoms with Crippen molar-refractivity contribution in [2.45, 2.75) is 33.2 Å². The molecule has 2 amide bonds. The van der Waals surface area contributed by atoms with Crippen molar-refractivity contribution < 1.29 is 14.4 Å². The van der Waals surface area contributed by atoms with Crippen LogP contribution in [0.5, 0.6) is 0 Å². The molecule has 8 nitrogen and oxygen atoms in total. The van der Waals surface area contributed by atoms with Crippen LogP contribution in [0, 0.1) is 5.92 Å². The highest BCUT2D eigenvalue weighted by Crippen LogP contribution is 2.08.